The highest BCUT2D eigenvalue weighted by Gasteiger charge is 2.10. The molecule has 0 saturated heterocycles. The lowest BCUT2D eigenvalue weighted by molar-refractivity contribution is 0.232. The number of hydrogen-bond acceptors (Lipinski definition) is 5. The molecule has 1 heterocycles. The number of nitrogens with zero attached hydrogens (tertiary/aromatic N) is 2. The Morgan fingerprint density at radius 3 is 2.62 bits per heavy atom. The van der Waals surface area contributed by atoms with E-state index < -0.39 is 0 Å². The molecule has 0 fully saturated rings. The van der Waals surface area contributed by atoms with E-state index in [1.807, 2.05) is 0 Å². The summed E-state index contributed by atoms with van der Waals surface area (Å²) in [5.74, 6) is 0.281. The van der Waals surface area contributed by atoms with Crippen LogP contribution in [0.5, 0.6) is 0 Å². The molecule has 0 amide bonds. The van der Waals surface area contributed by atoms with Gasteiger partial charge < -0.3 is 16.2 Å². The van der Waals surface area contributed by atoms with Crippen molar-refractivity contribution < 1.29 is 9.50 Å². The Morgan fingerprint density at radius 1 is 1.29 bits per heavy atom. The van der Waals surface area contributed by atoms with Crippen LogP contribution in [0.25, 0.3) is 0 Å². The molecule has 1 aromatic carbocycles. The Labute approximate surface area is 127 Å². The summed E-state index contributed by atoms with van der Waals surface area (Å²) in [6.07, 6.45) is 0.623. The van der Waals surface area contributed by atoms with Gasteiger partial charge in [0, 0.05) is 25.1 Å². The number of aromatic nitrogens is 2. The maximum absolute atomic E-state index is 12.9. The second-order valence-corrected chi connectivity index (χ2v) is 5.08. The predicted molar refractivity (Wildman–Crippen MR) is 80.6 cm³/mol. The molecular formula is C14H16ClFN4O. The van der Waals surface area contributed by atoms with Gasteiger partial charge in [-0.05, 0) is 24.1 Å². The van der Waals surface area contributed by atoms with Gasteiger partial charge in [-0.25, -0.2) is 9.37 Å². The van der Waals surface area contributed by atoms with E-state index in [1.165, 1.54) is 12.1 Å². The first kappa shape index (κ1) is 15.5. The zero-order valence-electron chi connectivity index (χ0n) is 11.3. The van der Waals surface area contributed by atoms with Crippen molar-refractivity contribution in [1.82, 2.24) is 9.97 Å². The summed E-state index contributed by atoms with van der Waals surface area (Å²) in [5.41, 5.74) is 6.46. The average Bonchev–Trinajstić information content (AvgIpc) is 2.44. The van der Waals surface area contributed by atoms with Gasteiger partial charge >= 0.3 is 0 Å². The van der Waals surface area contributed by atoms with E-state index in [1.54, 1.807) is 18.2 Å². The number of aliphatic hydroxyl groups excluding tert-OH is 1. The Kier molecular flexibility index (Phi) is 5.30. The molecule has 2 rings (SSSR count). The van der Waals surface area contributed by atoms with Gasteiger partial charge in [0.1, 0.15) is 16.8 Å². The van der Waals surface area contributed by atoms with Gasteiger partial charge in [-0.15, -0.1) is 0 Å². The monoisotopic (exact) mass is 310 g/mol. The Hall–Kier alpha value is -1.92. The molecule has 0 aliphatic carbocycles. The first-order chi connectivity index (χ1) is 10.1. The molecule has 1 unspecified atom stereocenters. The number of nitrogens with two attached hydrogens (primary N) is 1. The minimum atomic E-state index is -0.275. The number of benzene rings is 1. The van der Waals surface area contributed by atoms with E-state index in [9.17, 15) is 9.50 Å². The fourth-order valence-electron chi connectivity index (χ4n) is 1.93. The molecule has 4 N–H and O–H groups in total. The topological polar surface area (TPSA) is 84.1 Å². The lowest BCUT2D eigenvalue weighted by atomic mass is 10.00. The number of nitrogen functional groups attached to an aromatic ring is 1. The molecule has 0 radical (unpaired) electrons. The second-order valence-electron chi connectivity index (χ2n) is 4.69. The summed E-state index contributed by atoms with van der Waals surface area (Å²) in [6.45, 7) is 0.485. The largest absolute Gasteiger partial charge is 0.396 e. The number of anilines is 2. The van der Waals surface area contributed by atoms with Crippen LogP contribution < -0.4 is 11.1 Å². The quantitative estimate of drug-likeness (QED) is 0.712. The highest BCUT2D eigenvalue weighted by atomic mass is 35.5. The maximum atomic E-state index is 12.9. The van der Waals surface area contributed by atoms with Crippen LogP contribution in [0.2, 0.25) is 5.15 Å². The molecule has 2 aromatic rings. The summed E-state index contributed by atoms with van der Waals surface area (Å²) < 4.78 is 12.9. The minimum Gasteiger partial charge on any atom is -0.396 e. The van der Waals surface area contributed by atoms with Crippen molar-refractivity contribution in [3.8, 4) is 0 Å². The first-order valence-electron chi connectivity index (χ1n) is 6.46. The lowest BCUT2D eigenvalue weighted by Gasteiger charge is -2.15. The van der Waals surface area contributed by atoms with Crippen LogP contribution in [0, 0.1) is 11.7 Å². The summed E-state index contributed by atoms with van der Waals surface area (Å²) in [7, 11) is 0. The Balaban J connectivity index is 1.94. The van der Waals surface area contributed by atoms with Crippen molar-refractivity contribution in [1.29, 1.82) is 0 Å². The molecule has 5 nitrogen and oxygen atoms in total. The van der Waals surface area contributed by atoms with E-state index in [2.05, 4.69) is 15.3 Å². The minimum absolute atomic E-state index is 0.00132. The number of hydrogen-bond donors (Lipinski definition) is 3. The molecule has 0 aliphatic heterocycles. The van der Waals surface area contributed by atoms with Crippen molar-refractivity contribution in [3.05, 3.63) is 46.9 Å². The van der Waals surface area contributed by atoms with Crippen molar-refractivity contribution in [2.24, 2.45) is 5.92 Å². The van der Waals surface area contributed by atoms with Gasteiger partial charge in [-0.1, -0.05) is 23.7 Å². The fourth-order valence-corrected chi connectivity index (χ4v) is 2.12. The maximum Gasteiger partial charge on any atom is 0.223 e. The van der Waals surface area contributed by atoms with Crippen LogP contribution in [0.1, 0.15) is 5.56 Å². The lowest BCUT2D eigenvalue weighted by Crippen LogP contribution is -2.21. The molecular weight excluding hydrogens is 295 g/mol. The first-order valence-corrected chi connectivity index (χ1v) is 6.84. The van der Waals surface area contributed by atoms with Crippen LogP contribution in [0.4, 0.5) is 16.2 Å². The molecule has 0 spiro atoms. The van der Waals surface area contributed by atoms with E-state index in [-0.39, 0.29) is 29.4 Å². The smallest absolute Gasteiger partial charge is 0.223 e. The molecule has 21 heavy (non-hydrogen) atoms. The molecule has 1 atom stereocenters. The number of nitrogens with one attached hydrogen (secondary N) is 1. The van der Waals surface area contributed by atoms with Crippen molar-refractivity contribution in [2.45, 2.75) is 6.42 Å². The Bertz CT molecular complexity index is 574. The number of halogens is 2. The summed E-state index contributed by atoms with van der Waals surface area (Å²) in [4.78, 5) is 7.76. The third-order valence-electron chi connectivity index (χ3n) is 2.98. The molecule has 112 valence electrons. The molecule has 0 aliphatic rings. The van der Waals surface area contributed by atoms with Crippen LogP contribution in [-0.4, -0.2) is 28.2 Å². The molecule has 7 heteroatoms. The standard InChI is InChI=1S/C14H16ClFN4O/c15-12-6-13(20-14(17)19-12)18-7-10(8-21)5-9-1-3-11(16)4-2-9/h1-4,6,10,21H,5,7-8H2,(H3,17,18,19,20). The molecule has 0 bridgehead atoms. The normalized spacial score (nSPS) is 12.1. The van der Waals surface area contributed by atoms with E-state index >= 15 is 0 Å². The SMILES string of the molecule is Nc1nc(Cl)cc(NCC(CO)Cc2ccc(F)cc2)n1. The van der Waals surface area contributed by atoms with Gasteiger partial charge in [-0.2, -0.15) is 4.98 Å². The van der Waals surface area contributed by atoms with E-state index in [4.69, 9.17) is 17.3 Å². The van der Waals surface area contributed by atoms with Gasteiger partial charge in [0.15, 0.2) is 0 Å². The van der Waals surface area contributed by atoms with Crippen LogP contribution >= 0.6 is 11.6 Å². The predicted octanol–water partition coefficient (Wildman–Crippen LogP) is 2.11. The van der Waals surface area contributed by atoms with E-state index in [0.717, 1.165) is 5.56 Å². The van der Waals surface area contributed by atoms with Crippen LogP contribution in [-0.2, 0) is 6.42 Å². The van der Waals surface area contributed by atoms with E-state index in [0.29, 0.717) is 18.8 Å². The van der Waals surface area contributed by atoms with Crippen molar-refractivity contribution >= 4 is 23.4 Å². The molecule has 1 aromatic heterocycles. The highest BCUT2D eigenvalue weighted by molar-refractivity contribution is 6.29. The fraction of sp³-hybridized carbons (Fsp3) is 0.286. The average molecular weight is 311 g/mol. The second kappa shape index (κ2) is 7.19. The highest BCUT2D eigenvalue weighted by Crippen LogP contribution is 2.14. The zero-order valence-corrected chi connectivity index (χ0v) is 12.0. The van der Waals surface area contributed by atoms with Crippen molar-refractivity contribution in [2.75, 3.05) is 24.2 Å². The Morgan fingerprint density at radius 2 is 2.00 bits per heavy atom. The van der Waals surface area contributed by atoms with Crippen LogP contribution in [0.3, 0.4) is 0 Å². The third-order valence-corrected chi connectivity index (χ3v) is 3.17. The van der Waals surface area contributed by atoms with Crippen molar-refractivity contribution in [3.63, 3.8) is 0 Å². The van der Waals surface area contributed by atoms with Gasteiger partial charge in [0.2, 0.25) is 5.95 Å². The zero-order chi connectivity index (χ0) is 15.2. The number of rotatable bonds is 6. The van der Waals surface area contributed by atoms with Gasteiger partial charge in [0.25, 0.3) is 0 Å². The number of aliphatic hydroxyl groups is 1. The van der Waals surface area contributed by atoms with Crippen LogP contribution in [0.15, 0.2) is 30.3 Å². The summed E-state index contributed by atoms with van der Waals surface area (Å²) >= 11 is 5.79. The van der Waals surface area contributed by atoms with Gasteiger partial charge in [-0.3, -0.25) is 0 Å². The summed E-state index contributed by atoms with van der Waals surface area (Å²) in [6, 6.07) is 7.78. The third kappa shape index (κ3) is 4.84. The summed E-state index contributed by atoms with van der Waals surface area (Å²) in [5, 5.41) is 12.7. The molecule has 0 saturated carbocycles. The van der Waals surface area contributed by atoms with Gasteiger partial charge in [0.05, 0.1) is 0 Å².